The molecule has 7 heteroatoms. The van der Waals surface area contributed by atoms with E-state index in [1.54, 1.807) is 24.3 Å². The van der Waals surface area contributed by atoms with E-state index in [0.717, 1.165) is 35.8 Å². The van der Waals surface area contributed by atoms with Crippen LogP contribution in [0.15, 0.2) is 54.6 Å². The predicted octanol–water partition coefficient (Wildman–Crippen LogP) is 2.53. The van der Waals surface area contributed by atoms with Crippen LogP contribution in [0.1, 0.15) is 35.6 Å². The van der Waals surface area contributed by atoms with Crippen LogP contribution in [-0.4, -0.2) is 49.9 Å². The molecule has 0 saturated carbocycles. The lowest BCUT2D eigenvalue weighted by Crippen LogP contribution is -2.41. The van der Waals surface area contributed by atoms with Crippen LogP contribution < -0.4 is 5.32 Å². The number of benzene rings is 2. The molecule has 1 heterocycles. The normalized spacial score (nSPS) is 16.1. The van der Waals surface area contributed by atoms with Gasteiger partial charge < -0.3 is 5.32 Å². The first-order chi connectivity index (χ1) is 13.9. The number of carbonyl (C=O) groups excluding carboxylic acids is 1. The van der Waals surface area contributed by atoms with Crippen molar-refractivity contribution >= 4 is 15.9 Å². The van der Waals surface area contributed by atoms with E-state index in [9.17, 15) is 13.2 Å². The van der Waals surface area contributed by atoms with Gasteiger partial charge in [-0.15, -0.1) is 0 Å². The van der Waals surface area contributed by atoms with E-state index >= 15 is 0 Å². The van der Waals surface area contributed by atoms with Crippen molar-refractivity contribution in [3.8, 4) is 0 Å². The molecule has 1 aliphatic rings. The molecule has 3 rings (SSSR count). The fourth-order valence-electron chi connectivity index (χ4n) is 3.70. The third kappa shape index (κ3) is 5.65. The van der Waals surface area contributed by atoms with Gasteiger partial charge in [-0.05, 0) is 42.6 Å². The summed E-state index contributed by atoms with van der Waals surface area (Å²) in [6, 6.07) is 16.2. The highest BCUT2D eigenvalue weighted by molar-refractivity contribution is 7.88. The summed E-state index contributed by atoms with van der Waals surface area (Å²) in [6.07, 6.45) is 3.58. The number of likely N-dealkylation sites (tertiary alicyclic amines) is 1. The Bertz CT molecular complexity index is 925. The molecule has 0 spiro atoms. The number of hydrogen-bond acceptors (Lipinski definition) is 4. The quantitative estimate of drug-likeness (QED) is 0.719. The minimum absolute atomic E-state index is 0.333. The van der Waals surface area contributed by atoms with Crippen LogP contribution in [0, 0.1) is 0 Å². The van der Waals surface area contributed by atoms with Crippen LogP contribution in [0.2, 0.25) is 0 Å². The van der Waals surface area contributed by atoms with Gasteiger partial charge in [-0.3, -0.25) is 9.69 Å². The average molecular weight is 416 g/mol. The van der Waals surface area contributed by atoms with Crippen LogP contribution >= 0.6 is 0 Å². The molecule has 1 amide bonds. The van der Waals surface area contributed by atoms with E-state index in [4.69, 9.17) is 0 Å². The average Bonchev–Trinajstić information content (AvgIpc) is 3.21. The SMILES string of the molecule is CN([C@@H](C(=O)NCc1ccccc1CN1CCCC1)c1ccccc1)S(C)(=O)=O. The molecule has 0 radical (unpaired) electrons. The van der Waals surface area contributed by atoms with Crippen LogP contribution in [0.25, 0.3) is 0 Å². The van der Waals surface area contributed by atoms with Gasteiger partial charge in [0.2, 0.25) is 15.9 Å². The van der Waals surface area contributed by atoms with Crippen LogP contribution in [0.5, 0.6) is 0 Å². The van der Waals surface area contributed by atoms with Crippen molar-refractivity contribution in [3.63, 3.8) is 0 Å². The van der Waals surface area contributed by atoms with Gasteiger partial charge in [0.05, 0.1) is 6.26 Å². The Hall–Kier alpha value is -2.22. The van der Waals surface area contributed by atoms with Crippen molar-refractivity contribution in [3.05, 3.63) is 71.3 Å². The van der Waals surface area contributed by atoms with Gasteiger partial charge in [0, 0.05) is 20.1 Å². The molecule has 1 N–H and O–H groups in total. The lowest BCUT2D eigenvalue weighted by molar-refractivity contribution is -0.125. The molecule has 156 valence electrons. The molecule has 2 aromatic carbocycles. The van der Waals surface area contributed by atoms with Gasteiger partial charge in [0.25, 0.3) is 0 Å². The summed E-state index contributed by atoms with van der Waals surface area (Å²) < 4.78 is 25.3. The molecule has 0 bridgehead atoms. The van der Waals surface area contributed by atoms with Crippen LogP contribution in [0.3, 0.4) is 0 Å². The standard InChI is InChI=1S/C22H29N3O3S/c1-24(29(2,27)28)21(18-10-4-3-5-11-18)22(26)23-16-19-12-6-7-13-20(19)17-25-14-8-9-15-25/h3-7,10-13,21H,8-9,14-17H2,1-2H3,(H,23,26)/t21-/m1/s1. The van der Waals surface area contributed by atoms with Gasteiger partial charge in [0.1, 0.15) is 6.04 Å². The second-order valence-electron chi connectivity index (χ2n) is 7.56. The third-order valence-corrected chi connectivity index (χ3v) is 6.67. The van der Waals surface area contributed by atoms with Gasteiger partial charge in [-0.2, -0.15) is 4.31 Å². The second kappa shape index (κ2) is 9.52. The highest BCUT2D eigenvalue weighted by Crippen LogP contribution is 2.22. The van der Waals surface area contributed by atoms with E-state index in [1.807, 2.05) is 24.3 Å². The second-order valence-corrected chi connectivity index (χ2v) is 9.60. The summed E-state index contributed by atoms with van der Waals surface area (Å²) in [7, 11) is -2.10. The Morgan fingerprint density at radius 3 is 2.24 bits per heavy atom. The Balaban J connectivity index is 1.75. The minimum atomic E-state index is -3.54. The topological polar surface area (TPSA) is 69.7 Å². The van der Waals surface area contributed by atoms with Crippen molar-refractivity contribution in [1.82, 2.24) is 14.5 Å². The molecule has 1 atom stereocenters. The molecular formula is C22H29N3O3S. The maximum atomic E-state index is 13.0. The zero-order valence-electron chi connectivity index (χ0n) is 17.0. The number of likely N-dealkylation sites (N-methyl/N-ethyl adjacent to an activating group) is 1. The molecule has 1 saturated heterocycles. The van der Waals surface area contributed by atoms with Crippen molar-refractivity contribution in [1.29, 1.82) is 0 Å². The number of nitrogens with one attached hydrogen (secondary N) is 1. The Morgan fingerprint density at radius 1 is 1.03 bits per heavy atom. The number of amides is 1. The molecule has 0 aliphatic carbocycles. The Labute approximate surface area is 173 Å². The van der Waals surface area contributed by atoms with Crippen molar-refractivity contribution in [2.45, 2.75) is 32.0 Å². The molecule has 1 fully saturated rings. The predicted molar refractivity (Wildman–Crippen MR) is 115 cm³/mol. The molecule has 0 aromatic heterocycles. The number of rotatable bonds is 8. The molecule has 0 unspecified atom stereocenters. The summed E-state index contributed by atoms with van der Waals surface area (Å²) in [5.41, 5.74) is 2.90. The maximum Gasteiger partial charge on any atom is 0.243 e. The molecule has 2 aromatic rings. The zero-order valence-corrected chi connectivity index (χ0v) is 17.9. The molecule has 1 aliphatic heterocycles. The van der Waals surface area contributed by atoms with E-state index in [0.29, 0.717) is 12.1 Å². The highest BCUT2D eigenvalue weighted by Gasteiger charge is 2.30. The largest absolute Gasteiger partial charge is 0.350 e. The molecule has 6 nitrogen and oxygen atoms in total. The van der Waals surface area contributed by atoms with E-state index < -0.39 is 16.1 Å². The van der Waals surface area contributed by atoms with Crippen molar-refractivity contribution < 1.29 is 13.2 Å². The third-order valence-electron chi connectivity index (χ3n) is 5.41. The van der Waals surface area contributed by atoms with Gasteiger partial charge in [0.15, 0.2) is 0 Å². The van der Waals surface area contributed by atoms with E-state index in [1.165, 1.54) is 25.5 Å². The summed E-state index contributed by atoms with van der Waals surface area (Å²) >= 11 is 0. The molecule has 29 heavy (non-hydrogen) atoms. The highest BCUT2D eigenvalue weighted by atomic mass is 32.2. The Kier molecular flexibility index (Phi) is 7.05. The summed E-state index contributed by atoms with van der Waals surface area (Å²) in [4.78, 5) is 15.5. The number of sulfonamides is 1. The van der Waals surface area contributed by atoms with E-state index in [2.05, 4.69) is 16.3 Å². The van der Waals surface area contributed by atoms with Gasteiger partial charge in [-0.25, -0.2) is 8.42 Å². The van der Waals surface area contributed by atoms with Crippen molar-refractivity contribution in [2.24, 2.45) is 0 Å². The van der Waals surface area contributed by atoms with Crippen molar-refractivity contribution in [2.75, 3.05) is 26.4 Å². The monoisotopic (exact) mass is 415 g/mol. The zero-order chi connectivity index (χ0) is 20.9. The first kappa shape index (κ1) is 21.5. The summed E-state index contributed by atoms with van der Waals surface area (Å²) in [5.74, 6) is -0.333. The van der Waals surface area contributed by atoms with Gasteiger partial charge in [-0.1, -0.05) is 54.6 Å². The van der Waals surface area contributed by atoms with Crippen LogP contribution in [0.4, 0.5) is 0 Å². The fraction of sp³-hybridized carbons (Fsp3) is 0.409. The maximum absolute atomic E-state index is 13.0. The lowest BCUT2D eigenvalue weighted by Gasteiger charge is -2.26. The minimum Gasteiger partial charge on any atom is -0.350 e. The number of nitrogens with zero attached hydrogens (tertiary/aromatic N) is 2. The summed E-state index contributed by atoms with van der Waals surface area (Å²) in [6.45, 7) is 3.45. The Morgan fingerprint density at radius 2 is 1.62 bits per heavy atom. The van der Waals surface area contributed by atoms with Gasteiger partial charge >= 0.3 is 0 Å². The number of hydrogen-bond donors (Lipinski definition) is 1. The first-order valence-corrected chi connectivity index (χ1v) is 11.8. The number of carbonyl (C=O) groups is 1. The molecular weight excluding hydrogens is 386 g/mol. The van der Waals surface area contributed by atoms with E-state index in [-0.39, 0.29) is 5.91 Å². The lowest BCUT2D eigenvalue weighted by atomic mass is 10.0. The summed E-state index contributed by atoms with van der Waals surface area (Å²) in [5, 5.41) is 2.95. The van der Waals surface area contributed by atoms with Crippen LogP contribution in [-0.2, 0) is 27.9 Å². The first-order valence-electron chi connectivity index (χ1n) is 9.91. The smallest absolute Gasteiger partial charge is 0.243 e. The fourth-order valence-corrected chi connectivity index (χ4v) is 4.30.